The molecule has 3 rings (SSSR count). The number of carbonyl (C=O) groups is 1. The van der Waals surface area contributed by atoms with Crippen LogP contribution >= 0.6 is 0 Å². The van der Waals surface area contributed by atoms with E-state index in [2.05, 4.69) is 5.10 Å². The molecule has 0 saturated heterocycles. The fourth-order valence-electron chi connectivity index (χ4n) is 3.01. The van der Waals surface area contributed by atoms with Gasteiger partial charge >= 0.3 is 0 Å². The molecule has 1 amide bonds. The van der Waals surface area contributed by atoms with Crippen molar-refractivity contribution >= 4 is 11.6 Å². The van der Waals surface area contributed by atoms with Gasteiger partial charge in [-0.25, -0.2) is 17.6 Å². The maximum Gasteiger partial charge on any atom is 0.287 e. The third-order valence-corrected chi connectivity index (χ3v) is 4.74. The predicted molar refractivity (Wildman–Crippen MR) is 102 cm³/mol. The Kier molecular flexibility index (Phi) is 6.40. The number of halogens is 4. The van der Waals surface area contributed by atoms with Crippen LogP contribution in [0.1, 0.15) is 34.8 Å². The molecule has 0 saturated carbocycles. The fourth-order valence-corrected chi connectivity index (χ4v) is 3.01. The summed E-state index contributed by atoms with van der Waals surface area (Å²) in [5, 5.41) is 13.4. The summed E-state index contributed by atoms with van der Waals surface area (Å²) >= 11 is 0. The molecule has 2 aromatic rings. The fraction of sp³-hybridized carbons (Fsp3) is 0.333. The molecule has 0 fully saturated rings. The SMILES string of the molecule is CCc1ccc(OCc2cccc(C(=O)N3N=C(C(F)F)C[C@@]3(O)C(F)F)c2)cc1. The number of carbonyl (C=O) groups excluding carboxylic acids is 1. The monoisotopic (exact) mass is 424 g/mol. The van der Waals surface area contributed by atoms with E-state index in [9.17, 15) is 27.5 Å². The van der Waals surface area contributed by atoms with E-state index >= 15 is 0 Å². The smallest absolute Gasteiger partial charge is 0.287 e. The topological polar surface area (TPSA) is 62.1 Å². The molecule has 1 atom stereocenters. The molecule has 1 aliphatic heterocycles. The summed E-state index contributed by atoms with van der Waals surface area (Å²) in [6.07, 6.45) is -6.86. The highest BCUT2D eigenvalue weighted by molar-refractivity contribution is 5.99. The normalized spacial score (nSPS) is 18.8. The van der Waals surface area contributed by atoms with E-state index in [4.69, 9.17) is 4.74 Å². The van der Waals surface area contributed by atoms with E-state index in [1.165, 1.54) is 18.2 Å². The zero-order valence-electron chi connectivity index (χ0n) is 16.1. The number of amides is 1. The van der Waals surface area contributed by atoms with E-state index in [1.807, 2.05) is 19.1 Å². The number of hydrazone groups is 1. The van der Waals surface area contributed by atoms with Crippen molar-refractivity contribution in [3.05, 3.63) is 65.2 Å². The molecular weight excluding hydrogens is 404 g/mol. The number of aryl methyl sites for hydroxylation is 1. The number of ether oxygens (including phenoxy) is 1. The first-order valence-corrected chi connectivity index (χ1v) is 9.26. The number of aliphatic hydroxyl groups is 1. The second-order valence-electron chi connectivity index (χ2n) is 6.85. The molecule has 0 bridgehead atoms. The maximum absolute atomic E-state index is 13.3. The van der Waals surface area contributed by atoms with E-state index in [1.54, 1.807) is 18.2 Å². The standard InChI is InChI=1S/C21H20F4N2O3/c1-2-13-6-8-16(9-7-13)30-12-14-4-3-5-15(10-14)19(28)27-21(29,20(24)25)11-17(26-27)18(22)23/h3-10,18,20,29H,2,11-12H2,1H3/t21-/m1/s1. The summed E-state index contributed by atoms with van der Waals surface area (Å²) in [6, 6.07) is 13.3. The van der Waals surface area contributed by atoms with Crippen LogP contribution in [0.25, 0.3) is 0 Å². The molecular formula is C21H20F4N2O3. The highest BCUT2D eigenvalue weighted by Crippen LogP contribution is 2.34. The zero-order valence-corrected chi connectivity index (χ0v) is 16.1. The lowest BCUT2D eigenvalue weighted by Crippen LogP contribution is -2.51. The van der Waals surface area contributed by atoms with Crippen LogP contribution < -0.4 is 4.74 Å². The number of benzene rings is 2. The summed E-state index contributed by atoms with van der Waals surface area (Å²) in [5.41, 5.74) is -2.47. The summed E-state index contributed by atoms with van der Waals surface area (Å²) in [6.45, 7) is 2.12. The van der Waals surface area contributed by atoms with E-state index < -0.39 is 36.6 Å². The third-order valence-electron chi connectivity index (χ3n) is 4.74. The molecule has 9 heteroatoms. The van der Waals surface area contributed by atoms with Crippen molar-refractivity contribution in [2.75, 3.05) is 0 Å². The van der Waals surface area contributed by atoms with Crippen molar-refractivity contribution in [3.63, 3.8) is 0 Å². The van der Waals surface area contributed by atoms with Gasteiger partial charge in [-0.2, -0.15) is 10.1 Å². The Bertz CT molecular complexity index is 934. The van der Waals surface area contributed by atoms with Crippen LogP contribution in [0.3, 0.4) is 0 Å². The zero-order chi connectivity index (χ0) is 21.9. The van der Waals surface area contributed by atoms with Gasteiger partial charge in [0.05, 0.1) is 0 Å². The number of hydrogen-bond acceptors (Lipinski definition) is 4. The van der Waals surface area contributed by atoms with Crippen LogP contribution in [-0.4, -0.2) is 40.3 Å². The molecule has 1 heterocycles. The molecule has 30 heavy (non-hydrogen) atoms. The molecule has 0 spiro atoms. The van der Waals surface area contributed by atoms with Gasteiger partial charge in [0.2, 0.25) is 5.72 Å². The van der Waals surface area contributed by atoms with Gasteiger partial charge in [0.15, 0.2) is 0 Å². The highest BCUT2D eigenvalue weighted by Gasteiger charge is 2.53. The van der Waals surface area contributed by atoms with Gasteiger partial charge in [-0.05, 0) is 41.8 Å². The quantitative estimate of drug-likeness (QED) is 0.676. The van der Waals surface area contributed by atoms with Gasteiger partial charge in [-0.3, -0.25) is 4.79 Å². The van der Waals surface area contributed by atoms with Crippen molar-refractivity contribution in [3.8, 4) is 5.75 Å². The predicted octanol–water partition coefficient (Wildman–Crippen LogP) is 4.25. The van der Waals surface area contributed by atoms with Crippen molar-refractivity contribution in [1.29, 1.82) is 0 Å². The van der Waals surface area contributed by atoms with Crippen LogP contribution in [0.4, 0.5) is 17.6 Å². The van der Waals surface area contributed by atoms with E-state index in [0.717, 1.165) is 12.0 Å². The third kappa shape index (κ3) is 4.46. The number of hydrogen-bond donors (Lipinski definition) is 1. The first-order valence-electron chi connectivity index (χ1n) is 9.26. The van der Waals surface area contributed by atoms with Crippen molar-refractivity contribution in [2.24, 2.45) is 5.10 Å². The van der Waals surface area contributed by atoms with Crippen molar-refractivity contribution in [2.45, 2.75) is 44.9 Å². The molecule has 0 radical (unpaired) electrons. The van der Waals surface area contributed by atoms with Crippen molar-refractivity contribution < 1.29 is 32.2 Å². The lowest BCUT2D eigenvalue weighted by molar-refractivity contribution is -0.164. The number of nitrogens with zero attached hydrogens (tertiary/aromatic N) is 2. The van der Waals surface area contributed by atoms with Gasteiger partial charge in [0.25, 0.3) is 18.8 Å². The summed E-state index contributed by atoms with van der Waals surface area (Å²) < 4.78 is 58.2. The van der Waals surface area contributed by atoms with Gasteiger partial charge < -0.3 is 9.84 Å². The average molecular weight is 424 g/mol. The van der Waals surface area contributed by atoms with Gasteiger partial charge in [0.1, 0.15) is 18.1 Å². The summed E-state index contributed by atoms with van der Waals surface area (Å²) in [5.74, 6) is -0.496. The summed E-state index contributed by atoms with van der Waals surface area (Å²) in [4.78, 5) is 12.7. The second kappa shape index (κ2) is 8.83. The Morgan fingerprint density at radius 3 is 2.47 bits per heavy atom. The van der Waals surface area contributed by atoms with Crippen molar-refractivity contribution in [1.82, 2.24) is 5.01 Å². The minimum Gasteiger partial charge on any atom is -0.489 e. The van der Waals surface area contributed by atoms with E-state index in [0.29, 0.717) is 11.3 Å². The van der Waals surface area contributed by atoms with E-state index in [-0.39, 0.29) is 17.2 Å². The Morgan fingerprint density at radius 2 is 1.87 bits per heavy atom. The lowest BCUT2D eigenvalue weighted by Gasteiger charge is -2.30. The van der Waals surface area contributed by atoms with Gasteiger partial charge in [0, 0.05) is 12.0 Å². The Balaban J connectivity index is 1.77. The number of rotatable bonds is 7. The molecule has 0 unspecified atom stereocenters. The van der Waals surface area contributed by atoms with Gasteiger partial charge in [-0.1, -0.05) is 31.2 Å². The molecule has 5 nitrogen and oxygen atoms in total. The second-order valence-corrected chi connectivity index (χ2v) is 6.85. The van der Waals surface area contributed by atoms with Crippen LogP contribution in [0.2, 0.25) is 0 Å². The first-order chi connectivity index (χ1) is 14.2. The molecule has 160 valence electrons. The molecule has 0 aliphatic carbocycles. The van der Waals surface area contributed by atoms with Crippen LogP contribution in [0.5, 0.6) is 5.75 Å². The Hall–Kier alpha value is -2.94. The van der Waals surface area contributed by atoms with Crippen LogP contribution in [0, 0.1) is 0 Å². The molecule has 2 aromatic carbocycles. The minimum absolute atomic E-state index is 0.0442. The maximum atomic E-state index is 13.3. The largest absolute Gasteiger partial charge is 0.489 e. The van der Waals surface area contributed by atoms with Crippen LogP contribution in [-0.2, 0) is 13.0 Å². The molecule has 0 aromatic heterocycles. The minimum atomic E-state index is -3.47. The average Bonchev–Trinajstić information content (AvgIpc) is 3.11. The highest BCUT2D eigenvalue weighted by atomic mass is 19.3. The molecule has 1 aliphatic rings. The number of alkyl halides is 4. The Labute approximate surface area is 170 Å². The Morgan fingerprint density at radius 1 is 1.17 bits per heavy atom. The lowest BCUT2D eigenvalue weighted by atomic mass is 10.1. The molecule has 1 N–H and O–H groups in total. The first kappa shape index (κ1) is 21.8. The summed E-state index contributed by atoms with van der Waals surface area (Å²) in [7, 11) is 0. The van der Waals surface area contributed by atoms with Crippen LogP contribution in [0.15, 0.2) is 53.6 Å². The van der Waals surface area contributed by atoms with Gasteiger partial charge in [-0.15, -0.1) is 0 Å².